The molecule has 0 aromatic heterocycles. The van der Waals surface area contributed by atoms with Gasteiger partial charge in [-0.05, 0) is 79.8 Å². The van der Waals surface area contributed by atoms with Gasteiger partial charge in [-0.2, -0.15) is 5.26 Å². The quantitative estimate of drug-likeness (QED) is 0.383. The molecule has 3 aromatic rings. The van der Waals surface area contributed by atoms with Crippen LogP contribution in [0.1, 0.15) is 41.5 Å². The van der Waals surface area contributed by atoms with Crippen molar-refractivity contribution in [1.82, 2.24) is 10.2 Å². The number of aryl methyl sites for hydroxylation is 2. The number of anilines is 2. The highest BCUT2D eigenvalue weighted by Gasteiger charge is 2.43. The molecular formula is C32H32ClN5O5S. The number of carbonyl (C=O) groups is 3. The monoisotopic (exact) mass is 633 g/mol. The molecule has 1 fully saturated rings. The van der Waals surface area contributed by atoms with E-state index in [4.69, 9.17) is 16.9 Å². The lowest BCUT2D eigenvalue weighted by atomic mass is 10.0. The Morgan fingerprint density at radius 1 is 1.07 bits per heavy atom. The Morgan fingerprint density at radius 2 is 1.75 bits per heavy atom. The molecule has 2 N–H and O–H groups in total. The van der Waals surface area contributed by atoms with Crippen LogP contribution in [0.4, 0.5) is 11.4 Å². The number of para-hydroxylation sites is 2. The van der Waals surface area contributed by atoms with E-state index >= 15 is 0 Å². The van der Waals surface area contributed by atoms with Crippen molar-refractivity contribution in [1.29, 1.82) is 5.26 Å². The number of halogens is 1. The number of fused-ring (bicyclic) bond motifs is 1. The van der Waals surface area contributed by atoms with Crippen molar-refractivity contribution in [2.24, 2.45) is 0 Å². The van der Waals surface area contributed by atoms with E-state index in [0.29, 0.717) is 40.5 Å². The first-order valence-electron chi connectivity index (χ1n) is 14.3. The summed E-state index contributed by atoms with van der Waals surface area (Å²) in [4.78, 5) is 42.2. The van der Waals surface area contributed by atoms with Gasteiger partial charge in [-0.15, -0.1) is 0 Å². The molecule has 0 saturated carbocycles. The van der Waals surface area contributed by atoms with Crippen molar-refractivity contribution >= 4 is 50.7 Å². The molecule has 2 atom stereocenters. The molecule has 1 saturated heterocycles. The number of likely N-dealkylation sites (tertiary alicyclic amines) is 1. The number of amides is 3. The molecular weight excluding hydrogens is 602 g/mol. The number of sulfonamides is 1. The van der Waals surface area contributed by atoms with Gasteiger partial charge in [-0.3, -0.25) is 18.7 Å². The van der Waals surface area contributed by atoms with Crippen molar-refractivity contribution in [3.63, 3.8) is 0 Å². The first-order chi connectivity index (χ1) is 21.0. The number of nitrogens with zero attached hydrogens (tertiary/aromatic N) is 3. The summed E-state index contributed by atoms with van der Waals surface area (Å²) < 4.78 is 29.5. The molecule has 3 aromatic carbocycles. The number of nitriles is 1. The van der Waals surface area contributed by atoms with Gasteiger partial charge in [0, 0.05) is 24.5 Å². The lowest BCUT2D eigenvalue weighted by Crippen LogP contribution is -2.55. The van der Waals surface area contributed by atoms with Crippen LogP contribution >= 0.6 is 11.6 Å². The minimum atomic E-state index is -4.35. The summed E-state index contributed by atoms with van der Waals surface area (Å²) in [5.74, 6) is -1.57. The minimum absolute atomic E-state index is 0.0304. The SMILES string of the molecule is Cc1cc(S(=O)(=O)N2c3ccccc3NC(=O)[C@H]2CC(=O)N[C@@H](Cc2ccc(C#N)cc2)C(=O)N2CCCC2)c(C)cc1Cl. The molecule has 0 aliphatic carbocycles. The molecule has 2 aliphatic rings. The third-order valence-electron chi connectivity index (χ3n) is 7.93. The van der Waals surface area contributed by atoms with Crippen LogP contribution in [-0.4, -0.2) is 56.2 Å². The standard InChI is InChI=1S/C32H32ClN5O5S/c1-20-16-29(21(2)15-24(20)33)44(42,43)38-27-8-4-3-7-25(27)36-31(40)28(38)18-30(39)35-26(32(41)37-13-5-6-14-37)17-22-9-11-23(19-34)12-10-22/h3-4,7-12,15-16,26,28H,5-6,13-14,17-18H2,1-2H3,(H,35,39)(H,36,40)/t26-,28+/m0/s1. The van der Waals surface area contributed by atoms with E-state index in [1.165, 1.54) is 6.07 Å². The molecule has 2 heterocycles. The van der Waals surface area contributed by atoms with E-state index in [2.05, 4.69) is 16.7 Å². The molecule has 44 heavy (non-hydrogen) atoms. The second-order valence-corrected chi connectivity index (χ2v) is 13.2. The highest BCUT2D eigenvalue weighted by atomic mass is 35.5. The smallest absolute Gasteiger partial charge is 0.265 e. The summed E-state index contributed by atoms with van der Waals surface area (Å²) in [7, 11) is -4.35. The van der Waals surface area contributed by atoms with Crippen LogP contribution in [0.2, 0.25) is 5.02 Å². The molecule has 12 heteroatoms. The van der Waals surface area contributed by atoms with E-state index in [9.17, 15) is 22.8 Å². The largest absolute Gasteiger partial charge is 0.344 e. The summed E-state index contributed by atoms with van der Waals surface area (Å²) in [5, 5.41) is 15.1. The lowest BCUT2D eigenvalue weighted by molar-refractivity contribution is -0.135. The van der Waals surface area contributed by atoms with Crippen LogP contribution in [0.25, 0.3) is 0 Å². The third kappa shape index (κ3) is 6.27. The Labute approximate surface area is 261 Å². The van der Waals surface area contributed by atoms with Crippen molar-refractivity contribution in [3.8, 4) is 6.07 Å². The summed E-state index contributed by atoms with van der Waals surface area (Å²) in [6.45, 7) is 4.46. The summed E-state index contributed by atoms with van der Waals surface area (Å²) in [6.07, 6.45) is 1.36. The van der Waals surface area contributed by atoms with Crippen LogP contribution in [-0.2, 0) is 30.8 Å². The maximum Gasteiger partial charge on any atom is 0.265 e. The van der Waals surface area contributed by atoms with E-state index in [1.807, 2.05) is 0 Å². The fraction of sp³-hybridized carbons (Fsp3) is 0.312. The molecule has 10 nitrogen and oxygen atoms in total. The summed E-state index contributed by atoms with van der Waals surface area (Å²) in [6, 6.07) is 15.9. The van der Waals surface area contributed by atoms with Gasteiger partial charge in [0.2, 0.25) is 17.7 Å². The Bertz CT molecular complexity index is 1760. The Kier molecular flexibility index (Phi) is 8.95. The van der Waals surface area contributed by atoms with E-state index in [-0.39, 0.29) is 22.9 Å². The summed E-state index contributed by atoms with van der Waals surface area (Å²) in [5.41, 5.74) is 2.67. The number of benzene rings is 3. The Balaban J connectivity index is 1.47. The molecule has 2 aliphatic heterocycles. The molecule has 0 spiro atoms. The topological polar surface area (TPSA) is 140 Å². The van der Waals surface area contributed by atoms with E-state index in [0.717, 1.165) is 22.7 Å². The van der Waals surface area contributed by atoms with Crippen LogP contribution in [0.5, 0.6) is 0 Å². The van der Waals surface area contributed by atoms with Gasteiger partial charge in [0.05, 0.1) is 34.3 Å². The van der Waals surface area contributed by atoms with Crippen molar-refractivity contribution in [2.75, 3.05) is 22.7 Å². The van der Waals surface area contributed by atoms with Crippen LogP contribution < -0.4 is 14.9 Å². The van der Waals surface area contributed by atoms with Crippen LogP contribution in [0.15, 0.2) is 65.6 Å². The van der Waals surface area contributed by atoms with Gasteiger partial charge >= 0.3 is 0 Å². The van der Waals surface area contributed by atoms with Gasteiger partial charge in [0.1, 0.15) is 12.1 Å². The minimum Gasteiger partial charge on any atom is -0.344 e. The summed E-state index contributed by atoms with van der Waals surface area (Å²) >= 11 is 6.25. The average molecular weight is 634 g/mol. The van der Waals surface area contributed by atoms with Crippen molar-refractivity contribution < 1.29 is 22.8 Å². The maximum atomic E-state index is 14.3. The maximum absolute atomic E-state index is 14.3. The van der Waals surface area contributed by atoms with Gasteiger partial charge < -0.3 is 15.5 Å². The second-order valence-electron chi connectivity index (χ2n) is 11.1. The predicted octanol–water partition coefficient (Wildman–Crippen LogP) is 4.08. The van der Waals surface area contributed by atoms with Gasteiger partial charge in [-0.1, -0.05) is 35.9 Å². The normalized spacial score (nSPS) is 17.0. The number of rotatable bonds is 8. The second kappa shape index (κ2) is 12.7. The first kappa shape index (κ1) is 31.0. The predicted molar refractivity (Wildman–Crippen MR) is 167 cm³/mol. The van der Waals surface area contributed by atoms with E-state index < -0.39 is 40.3 Å². The number of hydrogen-bond acceptors (Lipinski definition) is 6. The molecule has 228 valence electrons. The number of hydrogen-bond donors (Lipinski definition) is 2. The van der Waals surface area contributed by atoms with Crippen LogP contribution in [0, 0.1) is 25.2 Å². The van der Waals surface area contributed by atoms with Gasteiger partial charge in [-0.25, -0.2) is 8.42 Å². The fourth-order valence-corrected chi connectivity index (χ4v) is 7.76. The molecule has 5 rings (SSSR count). The molecule has 0 bridgehead atoms. The molecule has 0 unspecified atom stereocenters. The van der Waals surface area contributed by atoms with Crippen molar-refractivity contribution in [2.45, 2.75) is 56.5 Å². The highest BCUT2D eigenvalue weighted by molar-refractivity contribution is 7.93. The van der Waals surface area contributed by atoms with Crippen molar-refractivity contribution in [3.05, 3.63) is 87.9 Å². The zero-order chi connectivity index (χ0) is 31.6. The lowest BCUT2D eigenvalue weighted by Gasteiger charge is -2.37. The van der Waals surface area contributed by atoms with Gasteiger partial charge in [0.15, 0.2) is 0 Å². The molecule has 3 amide bonds. The van der Waals surface area contributed by atoms with E-state index in [1.54, 1.807) is 73.3 Å². The van der Waals surface area contributed by atoms with Crippen LogP contribution in [0.3, 0.4) is 0 Å². The zero-order valence-electron chi connectivity index (χ0n) is 24.3. The number of nitrogens with one attached hydrogen (secondary N) is 2. The highest BCUT2D eigenvalue weighted by Crippen LogP contribution is 2.38. The Hall–Kier alpha value is -4.40. The Morgan fingerprint density at radius 3 is 2.43 bits per heavy atom. The average Bonchev–Trinajstić information content (AvgIpc) is 3.54. The zero-order valence-corrected chi connectivity index (χ0v) is 25.9. The number of carbonyl (C=O) groups excluding carboxylic acids is 3. The fourth-order valence-electron chi connectivity index (χ4n) is 5.61. The van der Waals surface area contributed by atoms with Gasteiger partial charge in [0.25, 0.3) is 10.0 Å². The molecule has 0 radical (unpaired) electrons. The third-order valence-corrected chi connectivity index (χ3v) is 10.3. The first-order valence-corrected chi connectivity index (χ1v) is 16.1.